The van der Waals surface area contributed by atoms with Crippen molar-refractivity contribution in [3.63, 3.8) is 0 Å². The highest BCUT2D eigenvalue weighted by Gasteiger charge is 2.44. The standard InChI is InChI=1S/C34H36/c1-33(2,3)27-19-23-17-15-21-11-7-9-13-25(21)29(23)31(27)32-28(34(4,5)6)20-24-18-16-22-12-8-10-14-26(22)30(24)32/h7-18,27-28H,19-20H2,1-6H3/b32-31-. The third kappa shape index (κ3) is 3.18. The molecular weight excluding hydrogens is 408 g/mol. The minimum Gasteiger partial charge on any atom is -0.0616 e. The Kier molecular flexibility index (Phi) is 4.66. The average molecular weight is 445 g/mol. The second kappa shape index (κ2) is 7.32. The summed E-state index contributed by atoms with van der Waals surface area (Å²) >= 11 is 0. The van der Waals surface area contributed by atoms with Crippen molar-refractivity contribution in [2.24, 2.45) is 22.7 Å². The van der Waals surface area contributed by atoms with E-state index in [1.54, 1.807) is 11.1 Å². The fourth-order valence-electron chi connectivity index (χ4n) is 6.73. The van der Waals surface area contributed by atoms with E-state index in [1.165, 1.54) is 43.8 Å². The summed E-state index contributed by atoms with van der Waals surface area (Å²) in [6.45, 7) is 14.7. The van der Waals surface area contributed by atoms with Gasteiger partial charge in [0.15, 0.2) is 0 Å². The van der Waals surface area contributed by atoms with Crippen LogP contribution in [-0.2, 0) is 12.8 Å². The van der Waals surface area contributed by atoms with E-state index in [9.17, 15) is 0 Å². The van der Waals surface area contributed by atoms with E-state index in [-0.39, 0.29) is 10.8 Å². The molecule has 0 amide bonds. The van der Waals surface area contributed by atoms with Crippen LogP contribution in [0.15, 0.2) is 72.8 Å². The van der Waals surface area contributed by atoms with Crippen molar-refractivity contribution in [3.05, 3.63) is 95.1 Å². The Morgan fingerprint density at radius 2 is 0.882 bits per heavy atom. The van der Waals surface area contributed by atoms with E-state index in [1.807, 2.05) is 0 Å². The van der Waals surface area contributed by atoms with Gasteiger partial charge in [-0.2, -0.15) is 0 Å². The summed E-state index contributed by atoms with van der Waals surface area (Å²) in [5.41, 5.74) is 9.77. The summed E-state index contributed by atoms with van der Waals surface area (Å²) < 4.78 is 0. The first-order valence-corrected chi connectivity index (χ1v) is 12.9. The van der Waals surface area contributed by atoms with E-state index in [2.05, 4.69) is 114 Å². The lowest BCUT2D eigenvalue weighted by Gasteiger charge is -2.35. The van der Waals surface area contributed by atoms with Crippen molar-refractivity contribution in [2.45, 2.75) is 54.4 Å². The Morgan fingerprint density at radius 3 is 1.26 bits per heavy atom. The molecule has 4 aromatic rings. The van der Waals surface area contributed by atoms with Crippen molar-refractivity contribution in [2.75, 3.05) is 0 Å². The molecule has 0 heterocycles. The largest absolute Gasteiger partial charge is 0.0616 e. The van der Waals surface area contributed by atoms with Gasteiger partial charge in [0.1, 0.15) is 0 Å². The molecule has 2 aliphatic rings. The van der Waals surface area contributed by atoms with Gasteiger partial charge in [-0.25, -0.2) is 0 Å². The summed E-state index contributed by atoms with van der Waals surface area (Å²) in [6.07, 6.45) is 2.28. The average Bonchev–Trinajstić information content (AvgIpc) is 3.38. The summed E-state index contributed by atoms with van der Waals surface area (Å²) in [5, 5.41) is 5.57. The van der Waals surface area contributed by atoms with Crippen LogP contribution >= 0.6 is 0 Å². The Bertz CT molecular complexity index is 1350. The maximum atomic E-state index is 2.44. The van der Waals surface area contributed by atoms with Crippen LogP contribution in [0.4, 0.5) is 0 Å². The summed E-state index contributed by atoms with van der Waals surface area (Å²) in [5.74, 6) is 1.02. The lowest BCUT2D eigenvalue weighted by Crippen LogP contribution is -2.24. The Labute approximate surface area is 204 Å². The van der Waals surface area contributed by atoms with Gasteiger partial charge in [0.2, 0.25) is 0 Å². The van der Waals surface area contributed by atoms with Crippen molar-refractivity contribution in [3.8, 4) is 0 Å². The molecule has 0 heteroatoms. The minimum absolute atomic E-state index is 0.193. The van der Waals surface area contributed by atoms with E-state index < -0.39 is 0 Å². The van der Waals surface area contributed by atoms with Crippen LogP contribution < -0.4 is 0 Å². The highest BCUT2D eigenvalue weighted by atomic mass is 14.5. The van der Waals surface area contributed by atoms with Crippen molar-refractivity contribution in [1.82, 2.24) is 0 Å². The molecule has 2 aliphatic carbocycles. The fraction of sp³-hybridized carbons (Fsp3) is 0.353. The van der Waals surface area contributed by atoms with Gasteiger partial charge >= 0.3 is 0 Å². The number of hydrogen-bond acceptors (Lipinski definition) is 0. The third-order valence-electron chi connectivity index (χ3n) is 8.50. The monoisotopic (exact) mass is 444 g/mol. The first-order chi connectivity index (χ1) is 16.1. The zero-order chi connectivity index (χ0) is 23.8. The maximum absolute atomic E-state index is 2.44. The molecule has 0 nitrogen and oxygen atoms in total. The zero-order valence-corrected chi connectivity index (χ0v) is 21.5. The van der Waals surface area contributed by atoms with Gasteiger partial charge in [-0.1, -0.05) is 114 Å². The van der Waals surface area contributed by atoms with Crippen LogP contribution in [0.3, 0.4) is 0 Å². The minimum atomic E-state index is 0.193. The maximum Gasteiger partial charge on any atom is -0.00632 e. The predicted octanol–water partition coefficient (Wildman–Crippen LogP) is 9.34. The van der Waals surface area contributed by atoms with Gasteiger partial charge in [0.25, 0.3) is 0 Å². The third-order valence-corrected chi connectivity index (χ3v) is 8.50. The highest BCUT2D eigenvalue weighted by molar-refractivity contribution is 6.10. The first kappa shape index (κ1) is 21.7. The molecule has 0 saturated heterocycles. The summed E-state index contributed by atoms with van der Waals surface area (Å²) in [6, 6.07) is 27.5. The van der Waals surface area contributed by atoms with Gasteiger partial charge in [-0.3, -0.25) is 0 Å². The Morgan fingerprint density at radius 1 is 0.500 bits per heavy atom. The van der Waals surface area contributed by atoms with E-state index in [0.717, 1.165) is 12.8 Å². The number of benzene rings is 4. The molecule has 0 aromatic heterocycles. The van der Waals surface area contributed by atoms with Crippen LogP contribution in [0.5, 0.6) is 0 Å². The van der Waals surface area contributed by atoms with Crippen LogP contribution in [-0.4, -0.2) is 0 Å². The molecule has 0 fully saturated rings. The number of hydrogen-bond donors (Lipinski definition) is 0. The van der Waals surface area contributed by atoms with Crippen LogP contribution in [0.1, 0.15) is 63.8 Å². The quantitative estimate of drug-likeness (QED) is 0.253. The van der Waals surface area contributed by atoms with Crippen LogP contribution in [0.2, 0.25) is 0 Å². The Hall–Kier alpha value is -2.86. The summed E-state index contributed by atoms with van der Waals surface area (Å²) in [4.78, 5) is 0. The molecule has 2 atom stereocenters. The SMILES string of the molecule is CC(C)(C)C1Cc2ccc3ccccc3c2/C1=C1\c2c(ccc3ccccc23)CC1C(C)(C)C. The van der Waals surface area contributed by atoms with Gasteiger partial charge in [0.05, 0.1) is 0 Å². The molecule has 0 bridgehead atoms. The highest BCUT2D eigenvalue weighted by Crippen LogP contribution is 2.58. The van der Waals surface area contributed by atoms with Gasteiger partial charge < -0.3 is 0 Å². The van der Waals surface area contributed by atoms with E-state index >= 15 is 0 Å². The van der Waals surface area contributed by atoms with Gasteiger partial charge in [0, 0.05) is 0 Å². The van der Waals surface area contributed by atoms with Crippen LogP contribution in [0, 0.1) is 22.7 Å². The second-order valence-corrected chi connectivity index (χ2v) is 12.7. The zero-order valence-electron chi connectivity index (χ0n) is 21.5. The first-order valence-electron chi connectivity index (χ1n) is 12.9. The van der Waals surface area contributed by atoms with Crippen molar-refractivity contribution in [1.29, 1.82) is 0 Å². The lowest BCUT2D eigenvalue weighted by atomic mass is 9.69. The smallest absolute Gasteiger partial charge is 0.00632 e. The molecule has 2 unspecified atom stereocenters. The van der Waals surface area contributed by atoms with E-state index in [4.69, 9.17) is 0 Å². The molecule has 0 radical (unpaired) electrons. The Balaban J connectivity index is 1.80. The summed E-state index contributed by atoms with van der Waals surface area (Å²) in [7, 11) is 0. The molecule has 0 spiro atoms. The topological polar surface area (TPSA) is 0 Å². The second-order valence-electron chi connectivity index (χ2n) is 12.7. The van der Waals surface area contributed by atoms with Crippen molar-refractivity contribution >= 4 is 32.7 Å². The molecule has 172 valence electrons. The van der Waals surface area contributed by atoms with Gasteiger partial charge in [-0.05, 0) is 90.5 Å². The molecule has 0 aliphatic heterocycles. The lowest BCUT2D eigenvalue weighted by molar-refractivity contribution is 0.297. The molecular formula is C34H36. The molecule has 4 aromatic carbocycles. The predicted molar refractivity (Wildman–Crippen MR) is 148 cm³/mol. The number of rotatable bonds is 0. The van der Waals surface area contributed by atoms with Crippen molar-refractivity contribution < 1.29 is 0 Å². The molecule has 0 saturated carbocycles. The van der Waals surface area contributed by atoms with E-state index in [0.29, 0.717) is 11.8 Å². The fourth-order valence-corrected chi connectivity index (χ4v) is 6.73. The number of allylic oxidation sites excluding steroid dienone is 2. The van der Waals surface area contributed by atoms with Crippen LogP contribution in [0.25, 0.3) is 32.7 Å². The molecule has 34 heavy (non-hydrogen) atoms. The molecule has 6 rings (SSSR count). The number of fused-ring (bicyclic) bond motifs is 6. The normalized spacial score (nSPS) is 22.4. The molecule has 0 N–H and O–H groups in total. The van der Waals surface area contributed by atoms with Gasteiger partial charge in [-0.15, -0.1) is 0 Å².